The second-order valence-corrected chi connectivity index (χ2v) is 6.33. The zero-order valence-electron chi connectivity index (χ0n) is 13.2. The molecule has 1 aromatic rings. The number of morpholine rings is 1. The van der Waals surface area contributed by atoms with Gasteiger partial charge in [-0.2, -0.15) is 0 Å². The molecule has 6 nitrogen and oxygen atoms in total. The van der Waals surface area contributed by atoms with Crippen LogP contribution in [0.25, 0.3) is 0 Å². The number of nitrogens with zero attached hydrogens (tertiary/aromatic N) is 2. The highest BCUT2D eigenvalue weighted by molar-refractivity contribution is 5.79. The molecule has 0 saturated carbocycles. The summed E-state index contributed by atoms with van der Waals surface area (Å²) in [4.78, 5) is 27.3. The summed E-state index contributed by atoms with van der Waals surface area (Å²) in [5, 5.41) is 0. The van der Waals surface area contributed by atoms with Crippen molar-refractivity contribution in [3.05, 3.63) is 35.9 Å². The van der Waals surface area contributed by atoms with Gasteiger partial charge in [-0.1, -0.05) is 30.3 Å². The smallest absolute Gasteiger partial charge is 0.314 e. The van der Waals surface area contributed by atoms with E-state index in [4.69, 9.17) is 10.5 Å². The molecule has 0 atom stereocenters. The highest BCUT2D eigenvalue weighted by Gasteiger charge is 2.41. The van der Waals surface area contributed by atoms with Crippen molar-refractivity contribution in [1.29, 1.82) is 0 Å². The second-order valence-electron chi connectivity index (χ2n) is 6.33. The first-order valence-corrected chi connectivity index (χ1v) is 8.08. The summed E-state index contributed by atoms with van der Waals surface area (Å²) >= 11 is 0. The Morgan fingerprint density at radius 2 is 1.78 bits per heavy atom. The van der Waals surface area contributed by atoms with E-state index in [-0.39, 0.29) is 17.5 Å². The number of rotatable bonds is 2. The van der Waals surface area contributed by atoms with Gasteiger partial charge in [-0.3, -0.25) is 4.79 Å². The fourth-order valence-electron chi connectivity index (χ4n) is 3.38. The first kappa shape index (κ1) is 15.8. The van der Waals surface area contributed by atoms with E-state index in [9.17, 15) is 9.59 Å². The van der Waals surface area contributed by atoms with Crippen LogP contribution in [0, 0.1) is 0 Å². The number of ether oxygens (including phenoxy) is 1. The van der Waals surface area contributed by atoms with Gasteiger partial charge in [0.05, 0.1) is 18.6 Å². The number of urea groups is 1. The standard InChI is InChI=1S/C17H23N3O3/c18-16(22)19-8-6-17(7-9-19)13-20(10-11-23-17)15(21)12-14-4-2-1-3-5-14/h1-5H,6-13H2,(H2,18,22). The molecule has 124 valence electrons. The zero-order valence-corrected chi connectivity index (χ0v) is 13.2. The van der Waals surface area contributed by atoms with E-state index in [1.165, 1.54) is 0 Å². The molecule has 0 unspecified atom stereocenters. The Morgan fingerprint density at radius 1 is 1.09 bits per heavy atom. The molecule has 6 heteroatoms. The number of hydrogen-bond acceptors (Lipinski definition) is 3. The van der Waals surface area contributed by atoms with Crippen LogP contribution in [0.2, 0.25) is 0 Å². The summed E-state index contributed by atoms with van der Waals surface area (Å²) in [6.45, 7) is 2.97. The number of hydrogen-bond donors (Lipinski definition) is 1. The summed E-state index contributed by atoms with van der Waals surface area (Å²) in [5.74, 6) is 0.135. The van der Waals surface area contributed by atoms with Crippen LogP contribution in [0.1, 0.15) is 18.4 Å². The fraction of sp³-hybridized carbons (Fsp3) is 0.529. The van der Waals surface area contributed by atoms with Crippen molar-refractivity contribution in [2.75, 3.05) is 32.8 Å². The molecule has 1 aromatic carbocycles. The van der Waals surface area contributed by atoms with E-state index in [1.54, 1.807) is 4.90 Å². The largest absolute Gasteiger partial charge is 0.371 e. The van der Waals surface area contributed by atoms with Gasteiger partial charge in [-0.15, -0.1) is 0 Å². The third kappa shape index (κ3) is 3.64. The number of nitrogens with two attached hydrogens (primary N) is 1. The summed E-state index contributed by atoms with van der Waals surface area (Å²) in [7, 11) is 0. The van der Waals surface area contributed by atoms with Crippen molar-refractivity contribution < 1.29 is 14.3 Å². The van der Waals surface area contributed by atoms with E-state index in [0.29, 0.717) is 39.2 Å². The van der Waals surface area contributed by atoms with Crippen molar-refractivity contribution in [3.63, 3.8) is 0 Å². The van der Waals surface area contributed by atoms with E-state index in [0.717, 1.165) is 18.4 Å². The molecule has 2 N–H and O–H groups in total. The minimum atomic E-state index is -0.382. The van der Waals surface area contributed by atoms with Crippen molar-refractivity contribution in [3.8, 4) is 0 Å². The molecule has 2 fully saturated rings. The van der Waals surface area contributed by atoms with Crippen LogP contribution in [0.15, 0.2) is 30.3 Å². The summed E-state index contributed by atoms with van der Waals surface area (Å²) in [6, 6.07) is 9.41. The average molecular weight is 317 g/mol. The Morgan fingerprint density at radius 3 is 2.43 bits per heavy atom. The van der Waals surface area contributed by atoms with Gasteiger partial charge in [0.2, 0.25) is 5.91 Å². The quantitative estimate of drug-likeness (QED) is 0.884. The summed E-state index contributed by atoms with van der Waals surface area (Å²) < 4.78 is 5.99. The Hall–Kier alpha value is -2.08. The summed E-state index contributed by atoms with van der Waals surface area (Å²) in [5.41, 5.74) is 6.03. The maximum atomic E-state index is 12.6. The average Bonchev–Trinajstić information content (AvgIpc) is 2.56. The minimum absolute atomic E-state index is 0.135. The van der Waals surface area contributed by atoms with Crippen molar-refractivity contribution in [2.24, 2.45) is 5.73 Å². The third-order valence-electron chi connectivity index (χ3n) is 4.79. The molecule has 23 heavy (non-hydrogen) atoms. The lowest BCUT2D eigenvalue weighted by Gasteiger charge is -2.47. The van der Waals surface area contributed by atoms with Gasteiger partial charge < -0.3 is 20.3 Å². The Bertz CT molecular complexity index is 568. The van der Waals surface area contributed by atoms with E-state index >= 15 is 0 Å². The highest BCUT2D eigenvalue weighted by atomic mass is 16.5. The van der Waals surface area contributed by atoms with Crippen LogP contribution in [0.5, 0.6) is 0 Å². The van der Waals surface area contributed by atoms with E-state index in [1.807, 2.05) is 35.2 Å². The van der Waals surface area contributed by atoms with Gasteiger partial charge in [0.15, 0.2) is 0 Å². The van der Waals surface area contributed by atoms with Crippen LogP contribution in [-0.2, 0) is 16.0 Å². The Kier molecular flexibility index (Phi) is 4.52. The lowest BCUT2D eigenvalue weighted by atomic mass is 9.89. The number of carbonyl (C=O) groups is 2. The predicted octanol–water partition coefficient (Wildman–Crippen LogP) is 1.00. The number of amides is 3. The van der Waals surface area contributed by atoms with E-state index < -0.39 is 0 Å². The van der Waals surface area contributed by atoms with Crippen molar-refractivity contribution in [2.45, 2.75) is 24.9 Å². The molecule has 1 spiro atoms. The molecule has 3 amide bonds. The molecule has 3 rings (SSSR count). The summed E-state index contributed by atoms with van der Waals surface area (Å²) in [6.07, 6.45) is 1.88. The van der Waals surface area contributed by atoms with E-state index in [2.05, 4.69) is 0 Å². The first-order chi connectivity index (χ1) is 11.1. The SMILES string of the molecule is NC(=O)N1CCC2(CC1)CN(C(=O)Cc1ccccc1)CCO2. The lowest BCUT2D eigenvalue weighted by Crippen LogP contribution is -2.59. The van der Waals surface area contributed by atoms with Crippen molar-refractivity contribution >= 4 is 11.9 Å². The van der Waals surface area contributed by atoms with Crippen LogP contribution in [0.3, 0.4) is 0 Å². The Labute approximate surface area is 136 Å². The third-order valence-corrected chi connectivity index (χ3v) is 4.79. The van der Waals surface area contributed by atoms with Crippen LogP contribution in [-0.4, -0.2) is 60.1 Å². The maximum absolute atomic E-state index is 12.6. The maximum Gasteiger partial charge on any atom is 0.314 e. The Balaban J connectivity index is 1.60. The van der Waals surface area contributed by atoms with Gasteiger partial charge in [0, 0.05) is 26.2 Å². The molecule has 0 aromatic heterocycles. The topological polar surface area (TPSA) is 75.9 Å². The number of piperidine rings is 1. The molecule has 2 saturated heterocycles. The fourth-order valence-corrected chi connectivity index (χ4v) is 3.38. The predicted molar refractivity (Wildman–Crippen MR) is 85.8 cm³/mol. The normalized spacial score (nSPS) is 20.5. The van der Waals surface area contributed by atoms with Gasteiger partial charge in [0.1, 0.15) is 0 Å². The number of benzene rings is 1. The van der Waals surface area contributed by atoms with Gasteiger partial charge in [-0.25, -0.2) is 4.79 Å². The van der Waals surface area contributed by atoms with Gasteiger partial charge >= 0.3 is 6.03 Å². The van der Waals surface area contributed by atoms with Gasteiger partial charge in [0.25, 0.3) is 0 Å². The van der Waals surface area contributed by atoms with Crippen LogP contribution < -0.4 is 5.73 Å². The molecular weight excluding hydrogens is 294 g/mol. The van der Waals surface area contributed by atoms with Crippen LogP contribution in [0.4, 0.5) is 4.79 Å². The first-order valence-electron chi connectivity index (χ1n) is 8.08. The molecule has 2 aliphatic heterocycles. The zero-order chi connectivity index (χ0) is 16.3. The van der Waals surface area contributed by atoms with Gasteiger partial charge in [-0.05, 0) is 18.4 Å². The highest BCUT2D eigenvalue weighted by Crippen LogP contribution is 2.30. The second kappa shape index (κ2) is 6.58. The molecule has 2 aliphatic rings. The minimum Gasteiger partial charge on any atom is -0.371 e. The molecular formula is C17H23N3O3. The lowest BCUT2D eigenvalue weighted by molar-refractivity contribution is -0.157. The molecule has 0 aliphatic carbocycles. The number of primary amides is 1. The van der Waals surface area contributed by atoms with Crippen molar-refractivity contribution in [1.82, 2.24) is 9.80 Å². The molecule has 2 heterocycles. The van der Waals surface area contributed by atoms with Crippen LogP contribution >= 0.6 is 0 Å². The number of carbonyl (C=O) groups excluding carboxylic acids is 2. The molecule has 0 bridgehead atoms. The number of likely N-dealkylation sites (tertiary alicyclic amines) is 1. The monoisotopic (exact) mass is 317 g/mol. The molecule has 0 radical (unpaired) electrons.